The number of rotatable bonds is 4. The van der Waals surface area contributed by atoms with E-state index in [1.165, 1.54) is 12.1 Å². The van der Waals surface area contributed by atoms with E-state index in [0.717, 1.165) is 12.8 Å². The summed E-state index contributed by atoms with van der Waals surface area (Å²) < 4.78 is 26.6. The van der Waals surface area contributed by atoms with Crippen molar-refractivity contribution in [3.8, 4) is 0 Å². The normalized spacial score (nSPS) is 16.3. The fourth-order valence-corrected chi connectivity index (χ4v) is 3.69. The van der Waals surface area contributed by atoms with Gasteiger partial charge < -0.3 is 10.6 Å². The Kier molecular flexibility index (Phi) is 7.01. The zero-order valence-corrected chi connectivity index (χ0v) is 15.0. The summed E-state index contributed by atoms with van der Waals surface area (Å²) in [5.41, 5.74) is 6.33. The summed E-state index contributed by atoms with van der Waals surface area (Å²) in [7, 11) is -3.53. The van der Waals surface area contributed by atoms with E-state index >= 15 is 0 Å². The standard InChI is InChI=1S/C15H23N3O3S.ClH/c1-11(2)17-22(20,21)14-5-3-12(4-6-14)15(19)18-9-7-13(16)8-10-18;/h3-6,11,13,17H,7-10,16H2,1-2H3;1H. The minimum atomic E-state index is -3.53. The molecule has 0 bridgehead atoms. The number of amides is 1. The number of nitrogens with one attached hydrogen (secondary N) is 1. The third kappa shape index (κ3) is 5.17. The van der Waals surface area contributed by atoms with Gasteiger partial charge in [-0.05, 0) is 51.0 Å². The maximum absolute atomic E-state index is 12.4. The summed E-state index contributed by atoms with van der Waals surface area (Å²) in [6.45, 7) is 4.82. The number of likely N-dealkylation sites (tertiary alicyclic amines) is 1. The van der Waals surface area contributed by atoms with Crippen LogP contribution in [0.1, 0.15) is 37.0 Å². The van der Waals surface area contributed by atoms with Gasteiger partial charge >= 0.3 is 0 Å². The van der Waals surface area contributed by atoms with Crippen LogP contribution in [0.15, 0.2) is 29.2 Å². The molecule has 1 aromatic carbocycles. The first-order valence-corrected chi connectivity index (χ1v) is 8.95. The van der Waals surface area contributed by atoms with Crippen molar-refractivity contribution in [2.24, 2.45) is 5.73 Å². The van der Waals surface area contributed by atoms with E-state index in [0.29, 0.717) is 18.7 Å². The zero-order valence-electron chi connectivity index (χ0n) is 13.4. The summed E-state index contributed by atoms with van der Waals surface area (Å²) in [5, 5.41) is 0. The van der Waals surface area contributed by atoms with E-state index in [4.69, 9.17) is 5.73 Å². The first-order valence-electron chi connectivity index (χ1n) is 7.47. The van der Waals surface area contributed by atoms with Crippen LogP contribution in [-0.2, 0) is 10.0 Å². The molecule has 1 aliphatic heterocycles. The Morgan fingerprint density at radius 3 is 2.22 bits per heavy atom. The van der Waals surface area contributed by atoms with Crippen LogP contribution in [0.4, 0.5) is 0 Å². The number of halogens is 1. The van der Waals surface area contributed by atoms with E-state index in [1.807, 2.05) is 0 Å². The first kappa shape index (κ1) is 19.9. The number of carbonyl (C=O) groups excluding carboxylic acids is 1. The van der Waals surface area contributed by atoms with Crippen LogP contribution in [-0.4, -0.2) is 44.4 Å². The molecule has 130 valence electrons. The average Bonchev–Trinajstić information content (AvgIpc) is 2.46. The van der Waals surface area contributed by atoms with Crippen molar-refractivity contribution in [3.05, 3.63) is 29.8 Å². The Hall–Kier alpha value is -1.15. The second-order valence-electron chi connectivity index (χ2n) is 5.93. The van der Waals surface area contributed by atoms with Gasteiger partial charge in [-0.1, -0.05) is 0 Å². The number of hydrogen-bond donors (Lipinski definition) is 2. The zero-order chi connectivity index (χ0) is 16.3. The number of sulfonamides is 1. The molecule has 0 spiro atoms. The number of benzene rings is 1. The van der Waals surface area contributed by atoms with Crippen LogP contribution < -0.4 is 10.5 Å². The van der Waals surface area contributed by atoms with Crippen molar-refractivity contribution in [1.29, 1.82) is 0 Å². The molecular weight excluding hydrogens is 338 g/mol. The molecule has 0 unspecified atom stereocenters. The molecule has 1 aromatic rings. The van der Waals surface area contributed by atoms with E-state index in [2.05, 4.69) is 4.72 Å². The molecule has 2 rings (SSSR count). The minimum absolute atomic E-state index is 0. The van der Waals surface area contributed by atoms with Gasteiger partial charge in [0.2, 0.25) is 10.0 Å². The summed E-state index contributed by atoms with van der Waals surface area (Å²) in [5.74, 6) is -0.0762. The van der Waals surface area contributed by atoms with Gasteiger partial charge in [0.15, 0.2) is 0 Å². The maximum atomic E-state index is 12.4. The molecule has 1 saturated heterocycles. The second kappa shape index (κ2) is 8.10. The lowest BCUT2D eigenvalue weighted by Gasteiger charge is -2.30. The lowest BCUT2D eigenvalue weighted by molar-refractivity contribution is 0.0714. The predicted molar refractivity (Wildman–Crippen MR) is 92.3 cm³/mol. The van der Waals surface area contributed by atoms with E-state index in [9.17, 15) is 13.2 Å². The van der Waals surface area contributed by atoms with Crippen molar-refractivity contribution in [3.63, 3.8) is 0 Å². The van der Waals surface area contributed by atoms with Gasteiger partial charge in [0, 0.05) is 30.7 Å². The van der Waals surface area contributed by atoms with Crippen molar-refractivity contribution >= 4 is 28.3 Å². The van der Waals surface area contributed by atoms with Crippen molar-refractivity contribution in [1.82, 2.24) is 9.62 Å². The monoisotopic (exact) mass is 361 g/mol. The molecule has 3 N–H and O–H groups in total. The summed E-state index contributed by atoms with van der Waals surface area (Å²) in [6, 6.07) is 6.04. The number of nitrogens with zero attached hydrogens (tertiary/aromatic N) is 1. The Balaban J connectivity index is 0.00000264. The van der Waals surface area contributed by atoms with Crippen LogP contribution >= 0.6 is 12.4 Å². The van der Waals surface area contributed by atoms with E-state index in [1.54, 1.807) is 30.9 Å². The SMILES string of the molecule is CC(C)NS(=O)(=O)c1ccc(C(=O)N2CCC(N)CC2)cc1.Cl. The van der Waals surface area contributed by atoms with Gasteiger partial charge in [-0.2, -0.15) is 0 Å². The van der Waals surface area contributed by atoms with Crippen molar-refractivity contribution in [2.45, 2.75) is 43.7 Å². The fraction of sp³-hybridized carbons (Fsp3) is 0.533. The van der Waals surface area contributed by atoms with Crippen LogP contribution in [0.3, 0.4) is 0 Å². The molecule has 1 aliphatic rings. The average molecular weight is 362 g/mol. The predicted octanol–water partition coefficient (Wildman–Crippen LogP) is 1.36. The lowest BCUT2D eigenvalue weighted by atomic mass is 10.1. The minimum Gasteiger partial charge on any atom is -0.339 e. The maximum Gasteiger partial charge on any atom is 0.253 e. The molecule has 1 fully saturated rings. The molecular formula is C15H24ClN3O3S. The smallest absolute Gasteiger partial charge is 0.253 e. The summed E-state index contributed by atoms with van der Waals surface area (Å²) >= 11 is 0. The lowest BCUT2D eigenvalue weighted by Crippen LogP contribution is -2.42. The highest BCUT2D eigenvalue weighted by atomic mass is 35.5. The van der Waals surface area contributed by atoms with Gasteiger partial charge in [-0.3, -0.25) is 4.79 Å². The van der Waals surface area contributed by atoms with Gasteiger partial charge in [-0.15, -0.1) is 12.4 Å². The van der Waals surface area contributed by atoms with Crippen molar-refractivity contribution in [2.75, 3.05) is 13.1 Å². The molecule has 23 heavy (non-hydrogen) atoms. The van der Waals surface area contributed by atoms with E-state index in [-0.39, 0.29) is 35.3 Å². The summed E-state index contributed by atoms with van der Waals surface area (Å²) in [4.78, 5) is 14.3. The van der Waals surface area contributed by atoms with Gasteiger partial charge in [0.05, 0.1) is 4.90 Å². The Morgan fingerprint density at radius 1 is 1.22 bits per heavy atom. The van der Waals surface area contributed by atoms with Crippen molar-refractivity contribution < 1.29 is 13.2 Å². The number of nitrogens with two attached hydrogens (primary N) is 1. The highest BCUT2D eigenvalue weighted by Crippen LogP contribution is 2.15. The second-order valence-corrected chi connectivity index (χ2v) is 7.64. The van der Waals surface area contributed by atoms with Crippen LogP contribution in [0.25, 0.3) is 0 Å². The molecule has 0 aliphatic carbocycles. The van der Waals surface area contributed by atoms with Gasteiger partial charge in [0.1, 0.15) is 0 Å². The molecule has 6 nitrogen and oxygen atoms in total. The number of carbonyl (C=O) groups is 1. The number of piperidine rings is 1. The molecule has 0 atom stereocenters. The third-order valence-electron chi connectivity index (χ3n) is 3.63. The summed E-state index contributed by atoms with van der Waals surface area (Å²) in [6.07, 6.45) is 1.60. The first-order chi connectivity index (χ1) is 10.3. The molecule has 0 aromatic heterocycles. The van der Waals surface area contributed by atoms with Gasteiger partial charge in [-0.25, -0.2) is 13.1 Å². The largest absolute Gasteiger partial charge is 0.339 e. The molecule has 0 saturated carbocycles. The van der Waals surface area contributed by atoms with E-state index < -0.39 is 10.0 Å². The van der Waals surface area contributed by atoms with Gasteiger partial charge in [0.25, 0.3) is 5.91 Å². The highest BCUT2D eigenvalue weighted by Gasteiger charge is 2.22. The Bertz CT molecular complexity index is 624. The fourth-order valence-electron chi connectivity index (χ4n) is 2.44. The molecule has 8 heteroatoms. The van der Waals surface area contributed by atoms with Crippen LogP contribution in [0.5, 0.6) is 0 Å². The van der Waals surface area contributed by atoms with Crippen LogP contribution in [0.2, 0.25) is 0 Å². The highest BCUT2D eigenvalue weighted by molar-refractivity contribution is 7.89. The Labute approximate surface area is 143 Å². The third-order valence-corrected chi connectivity index (χ3v) is 5.30. The molecule has 1 heterocycles. The topological polar surface area (TPSA) is 92.5 Å². The molecule has 1 amide bonds. The quantitative estimate of drug-likeness (QED) is 0.846. The Morgan fingerprint density at radius 2 is 1.74 bits per heavy atom. The number of hydrogen-bond acceptors (Lipinski definition) is 4. The van der Waals surface area contributed by atoms with Crippen LogP contribution in [0, 0.1) is 0 Å². The molecule has 0 radical (unpaired) electrons.